The standard InChI is InChI=1S/C11H19F4N/c12-10(7-8-16,11(13,14)15)9-5-3-1-2-4-6-9/h9H,1-8,16H2. The molecule has 16 heavy (non-hydrogen) atoms. The van der Waals surface area contributed by atoms with Gasteiger partial charge in [0.05, 0.1) is 0 Å². The highest BCUT2D eigenvalue weighted by atomic mass is 19.4. The predicted molar refractivity (Wildman–Crippen MR) is 54.8 cm³/mol. The van der Waals surface area contributed by atoms with Crippen LogP contribution in [-0.2, 0) is 0 Å². The lowest BCUT2D eigenvalue weighted by molar-refractivity contribution is -0.251. The number of hydrogen-bond donors (Lipinski definition) is 1. The first-order chi connectivity index (χ1) is 7.42. The molecule has 0 aromatic heterocycles. The zero-order chi connectivity index (χ0) is 12.2. The molecule has 0 aliphatic heterocycles. The van der Waals surface area contributed by atoms with E-state index < -0.39 is 24.2 Å². The molecule has 0 radical (unpaired) electrons. The van der Waals surface area contributed by atoms with Crippen molar-refractivity contribution in [1.82, 2.24) is 0 Å². The van der Waals surface area contributed by atoms with Crippen LogP contribution in [-0.4, -0.2) is 18.4 Å². The summed E-state index contributed by atoms with van der Waals surface area (Å²) in [5.74, 6) is -0.904. The summed E-state index contributed by atoms with van der Waals surface area (Å²) >= 11 is 0. The maximum Gasteiger partial charge on any atom is 0.422 e. The molecule has 0 saturated heterocycles. The molecule has 1 fully saturated rings. The molecule has 0 aromatic carbocycles. The average Bonchev–Trinajstić information content (AvgIpc) is 2.44. The Bertz CT molecular complexity index is 209. The fourth-order valence-corrected chi connectivity index (χ4v) is 2.52. The van der Waals surface area contributed by atoms with Crippen molar-refractivity contribution in [3.05, 3.63) is 0 Å². The van der Waals surface area contributed by atoms with Crippen LogP contribution in [0.3, 0.4) is 0 Å². The third-order valence-corrected chi connectivity index (χ3v) is 3.48. The minimum absolute atomic E-state index is 0.257. The quantitative estimate of drug-likeness (QED) is 0.593. The first kappa shape index (κ1) is 13.7. The molecule has 0 aromatic rings. The van der Waals surface area contributed by atoms with Crippen LogP contribution in [0.2, 0.25) is 0 Å². The molecular formula is C11H19F4N. The Morgan fingerprint density at radius 1 is 0.938 bits per heavy atom. The Hall–Kier alpha value is -0.320. The summed E-state index contributed by atoms with van der Waals surface area (Å²) in [6.45, 7) is -0.257. The van der Waals surface area contributed by atoms with E-state index in [1.807, 2.05) is 0 Å². The number of hydrogen-bond acceptors (Lipinski definition) is 1. The van der Waals surface area contributed by atoms with Crippen LogP contribution in [0, 0.1) is 5.92 Å². The van der Waals surface area contributed by atoms with E-state index in [2.05, 4.69) is 0 Å². The lowest BCUT2D eigenvalue weighted by Gasteiger charge is -2.34. The van der Waals surface area contributed by atoms with E-state index in [1.165, 1.54) is 0 Å². The molecule has 1 aliphatic carbocycles. The van der Waals surface area contributed by atoms with E-state index in [9.17, 15) is 17.6 Å². The molecular weight excluding hydrogens is 222 g/mol. The Kier molecular flexibility index (Phi) is 4.59. The average molecular weight is 241 g/mol. The van der Waals surface area contributed by atoms with Crippen LogP contribution in [0.25, 0.3) is 0 Å². The fourth-order valence-electron chi connectivity index (χ4n) is 2.52. The van der Waals surface area contributed by atoms with Crippen LogP contribution in [0.4, 0.5) is 17.6 Å². The molecule has 1 atom stereocenters. The second-order valence-electron chi connectivity index (χ2n) is 4.59. The van der Waals surface area contributed by atoms with E-state index >= 15 is 0 Å². The molecule has 5 heteroatoms. The molecule has 96 valence electrons. The van der Waals surface area contributed by atoms with Crippen molar-refractivity contribution in [2.24, 2.45) is 11.7 Å². The molecule has 0 amide bonds. The number of rotatable bonds is 3. The Morgan fingerprint density at radius 2 is 1.44 bits per heavy atom. The third kappa shape index (κ3) is 2.87. The van der Waals surface area contributed by atoms with Gasteiger partial charge in [-0.3, -0.25) is 0 Å². The van der Waals surface area contributed by atoms with Crippen molar-refractivity contribution in [1.29, 1.82) is 0 Å². The predicted octanol–water partition coefficient (Wildman–Crippen LogP) is 3.58. The summed E-state index contributed by atoms with van der Waals surface area (Å²) in [6, 6.07) is 0. The summed E-state index contributed by atoms with van der Waals surface area (Å²) in [5.41, 5.74) is 2.04. The lowest BCUT2D eigenvalue weighted by atomic mass is 9.80. The van der Waals surface area contributed by atoms with Gasteiger partial charge in [0.25, 0.3) is 0 Å². The highest BCUT2D eigenvalue weighted by Crippen LogP contribution is 2.46. The van der Waals surface area contributed by atoms with Crippen LogP contribution in [0.5, 0.6) is 0 Å². The van der Waals surface area contributed by atoms with Gasteiger partial charge in [0, 0.05) is 12.3 Å². The van der Waals surface area contributed by atoms with Gasteiger partial charge in [0.2, 0.25) is 5.67 Å². The van der Waals surface area contributed by atoms with Crippen molar-refractivity contribution in [2.75, 3.05) is 6.54 Å². The molecule has 2 N–H and O–H groups in total. The minimum Gasteiger partial charge on any atom is -0.330 e. The molecule has 1 nitrogen and oxygen atoms in total. The zero-order valence-corrected chi connectivity index (χ0v) is 9.32. The summed E-state index contributed by atoms with van der Waals surface area (Å²) in [6.07, 6.45) is -1.54. The highest BCUT2D eigenvalue weighted by Gasteiger charge is 2.59. The van der Waals surface area contributed by atoms with Crippen molar-refractivity contribution >= 4 is 0 Å². The van der Waals surface area contributed by atoms with Crippen LogP contribution in [0.1, 0.15) is 44.9 Å². The topological polar surface area (TPSA) is 26.0 Å². The molecule has 1 saturated carbocycles. The smallest absolute Gasteiger partial charge is 0.330 e. The summed E-state index contributed by atoms with van der Waals surface area (Å²) in [5, 5.41) is 0. The first-order valence-corrected chi connectivity index (χ1v) is 5.87. The van der Waals surface area contributed by atoms with Gasteiger partial charge in [-0.05, 0) is 19.4 Å². The van der Waals surface area contributed by atoms with Crippen molar-refractivity contribution in [3.8, 4) is 0 Å². The molecule has 1 rings (SSSR count). The Balaban J connectivity index is 2.82. The van der Waals surface area contributed by atoms with Crippen LogP contribution in [0.15, 0.2) is 0 Å². The molecule has 0 spiro atoms. The second kappa shape index (κ2) is 5.34. The van der Waals surface area contributed by atoms with Gasteiger partial charge < -0.3 is 5.73 Å². The van der Waals surface area contributed by atoms with Crippen molar-refractivity contribution in [2.45, 2.75) is 56.8 Å². The van der Waals surface area contributed by atoms with E-state index in [-0.39, 0.29) is 6.54 Å². The van der Waals surface area contributed by atoms with Gasteiger partial charge in [-0.25, -0.2) is 4.39 Å². The Morgan fingerprint density at radius 3 is 1.81 bits per heavy atom. The van der Waals surface area contributed by atoms with Gasteiger partial charge in [-0.15, -0.1) is 0 Å². The normalized spacial score (nSPS) is 23.8. The molecule has 0 bridgehead atoms. The molecule has 0 heterocycles. The fraction of sp³-hybridized carbons (Fsp3) is 1.00. The SMILES string of the molecule is NCCC(F)(C1CCCCCC1)C(F)(F)F. The zero-order valence-electron chi connectivity index (χ0n) is 9.32. The number of alkyl halides is 4. The lowest BCUT2D eigenvalue weighted by Crippen LogP contribution is -2.48. The van der Waals surface area contributed by atoms with Gasteiger partial charge in [-0.2, -0.15) is 13.2 Å². The van der Waals surface area contributed by atoms with Crippen LogP contribution < -0.4 is 5.73 Å². The van der Waals surface area contributed by atoms with Crippen molar-refractivity contribution in [3.63, 3.8) is 0 Å². The van der Waals surface area contributed by atoms with Crippen molar-refractivity contribution < 1.29 is 17.6 Å². The molecule has 1 unspecified atom stereocenters. The van der Waals surface area contributed by atoms with E-state index in [0.717, 1.165) is 12.8 Å². The van der Waals surface area contributed by atoms with Gasteiger partial charge in [0.15, 0.2) is 0 Å². The molecule has 1 aliphatic rings. The maximum absolute atomic E-state index is 14.2. The highest BCUT2D eigenvalue weighted by molar-refractivity contribution is 4.94. The van der Waals surface area contributed by atoms with Gasteiger partial charge in [-0.1, -0.05) is 25.7 Å². The van der Waals surface area contributed by atoms with E-state index in [4.69, 9.17) is 5.73 Å². The maximum atomic E-state index is 14.2. The summed E-state index contributed by atoms with van der Waals surface area (Å²) in [7, 11) is 0. The Labute approximate surface area is 93.4 Å². The van der Waals surface area contributed by atoms with Gasteiger partial charge in [0.1, 0.15) is 0 Å². The third-order valence-electron chi connectivity index (χ3n) is 3.48. The second-order valence-corrected chi connectivity index (χ2v) is 4.59. The number of nitrogens with two attached hydrogens (primary N) is 1. The number of halogens is 4. The van der Waals surface area contributed by atoms with E-state index in [1.54, 1.807) is 0 Å². The monoisotopic (exact) mass is 241 g/mol. The first-order valence-electron chi connectivity index (χ1n) is 5.87. The van der Waals surface area contributed by atoms with E-state index in [0.29, 0.717) is 25.7 Å². The van der Waals surface area contributed by atoms with Gasteiger partial charge >= 0.3 is 6.18 Å². The largest absolute Gasteiger partial charge is 0.422 e. The summed E-state index contributed by atoms with van der Waals surface area (Å²) < 4.78 is 52.5. The summed E-state index contributed by atoms with van der Waals surface area (Å²) in [4.78, 5) is 0. The minimum atomic E-state index is -4.79. The van der Waals surface area contributed by atoms with Crippen LogP contribution >= 0.6 is 0 Å².